The number of hydrogen-bond acceptors (Lipinski definition) is 2. The summed E-state index contributed by atoms with van der Waals surface area (Å²) in [6.07, 6.45) is 0. The molecule has 0 heterocycles. The van der Waals surface area contributed by atoms with Crippen molar-refractivity contribution < 1.29 is 9.53 Å². The topological polar surface area (TPSA) is 26.3 Å². The first-order valence-electron chi connectivity index (χ1n) is 7.08. The summed E-state index contributed by atoms with van der Waals surface area (Å²) >= 11 is 0. The van der Waals surface area contributed by atoms with E-state index >= 15 is 0 Å². The number of methoxy groups -OCH3 is 1. The Morgan fingerprint density at radius 1 is 0.857 bits per heavy atom. The third kappa shape index (κ3) is 2.27. The van der Waals surface area contributed by atoms with E-state index in [-0.39, 0.29) is 11.7 Å². The van der Waals surface area contributed by atoms with E-state index < -0.39 is 0 Å². The first-order chi connectivity index (χ1) is 10.1. The molecule has 0 spiro atoms. The van der Waals surface area contributed by atoms with Crippen LogP contribution in [0.1, 0.15) is 28.2 Å². The molecular formula is C19H18O2. The molecule has 1 unspecified atom stereocenters. The lowest BCUT2D eigenvalue weighted by molar-refractivity contribution is -0.117. The minimum Gasteiger partial charge on any atom is -0.499 e. The fraction of sp³-hybridized carbons (Fsp3) is 0.211. The number of Topliss-reactive ketones (excluding diaryl/α,β-unsaturated/α-hetero) is 1. The van der Waals surface area contributed by atoms with Gasteiger partial charge in [0.25, 0.3) is 0 Å². The highest BCUT2D eigenvalue weighted by atomic mass is 16.5. The van der Waals surface area contributed by atoms with E-state index in [1.807, 2.05) is 62.4 Å². The van der Waals surface area contributed by atoms with Gasteiger partial charge in [0, 0.05) is 0 Å². The van der Waals surface area contributed by atoms with Gasteiger partial charge >= 0.3 is 0 Å². The molecule has 0 fully saturated rings. The Morgan fingerprint density at radius 2 is 1.38 bits per heavy atom. The zero-order valence-corrected chi connectivity index (χ0v) is 12.5. The van der Waals surface area contributed by atoms with Crippen molar-refractivity contribution >= 4 is 11.4 Å². The second-order valence-corrected chi connectivity index (χ2v) is 5.52. The number of rotatable bonds is 3. The van der Waals surface area contributed by atoms with Gasteiger partial charge in [-0.25, -0.2) is 0 Å². The van der Waals surface area contributed by atoms with E-state index in [0.29, 0.717) is 5.57 Å². The quantitative estimate of drug-likeness (QED) is 0.847. The average Bonchev–Trinajstić information content (AvgIpc) is 2.49. The van der Waals surface area contributed by atoms with Crippen molar-refractivity contribution in [3.8, 4) is 0 Å². The Bertz CT molecular complexity index is 706. The summed E-state index contributed by atoms with van der Waals surface area (Å²) in [6, 6.07) is 16.1. The minimum absolute atomic E-state index is 0.138. The van der Waals surface area contributed by atoms with Crippen LogP contribution in [0.15, 0.2) is 54.3 Å². The van der Waals surface area contributed by atoms with E-state index in [0.717, 1.165) is 16.9 Å². The molecule has 0 saturated carbocycles. The highest BCUT2D eigenvalue weighted by Gasteiger charge is 2.42. The van der Waals surface area contributed by atoms with Gasteiger partial charge in [0.1, 0.15) is 11.7 Å². The van der Waals surface area contributed by atoms with E-state index in [1.54, 1.807) is 7.11 Å². The predicted octanol–water partition coefficient (Wildman–Crippen LogP) is 4.03. The summed E-state index contributed by atoms with van der Waals surface area (Å²) in [5, 5.41) is 0. The molecule has 106 valence electrons. The van der Waals surface area contributed by atoms with E-state index in [4.69, 9.17) is 4.74 Å². The molecule has 0 saturated heterocycles. The largest absolute Gasteiger partial charge is 0.499 e. The molecule has 0 aromatic heterocycles. The summed E-state index contributed by atoms with van der Waals surface area (Å²) in [4.78, 5) is 12.6. The van der Waals surface area contributed by atoms with Gasteiger partial charge in [-0.15, -0.1) is 0 Å². The third-order valence-electron chi connectivity index (χ3n) is 3.99. The summed E-state index contributed by atoms with van der Waals surface area (Å²) in [7, 11) is 1.64. The summed E-state index contributed by atoms with van der Waals surface area (Å²) in [5.41, 5.74) is 5.01. The summed E-state index contributed by atoms with van der Waals surface area (Å²) in [6.45, 7) is 4.07. The molecule has 0 aliphatic heterocycles. The highest BCUT2D eigenvalue weighted by molar-refractivity contribution is 6.32. The van der Waals surface area contributed by atoms with Crippen molar-refractivity contribution in [3.05, 3.63) is 76.5 Å². The SMILES string of the molecule is COC1=C(c2ccc(C)cc2)C(=O)C1c1ccc(C)cc1. The highest BCUT2D eigenvalue weighted by Crippen LogP contribution is 2.44. The van der Waals surface area contributed by atoms with Gasteiger partial charge < -0.3 is 4.74 Å². The fourth-order valence-corrected chi connectivity index (χ4v) is 2.74. The van der Waals surface area contributed by atoms with Crippen LogP contribution in [0.5, 0.6) is 0 Å². The molecule has 0 radical (unpaired) electrons. The van der Waals surface area contributed by atoms with Crippen LogP contribution in [-0.2, 0) is 9.53 Å². The lowest BCUT2D eigenvalue weighted by Crippen LogP contribution is -2.29. The van der Waals surface area contributed by atoms with E-state index in [9.17, 15) is 4.79 Å². The molecule has 0 bridgehead atoms. The number of ether oxygens (including phenoxy) is 1. The number of ketones is 1. The molecule has 2 nitrogen and oxygen atoms in total. The molecule has 2 heteroatoms. The van der Waals surface area contributed by atoms with Crippen LogP contribution < -0.4 is 0 Å². The van der Waals surface area contributed by atoms with Crippen molar-refractivity contribution in [2.75, 3.05) is 7.11 Å². The Hall–Kier alpha value is -2.35. The van der Waals surface area contributed by atoms with Crippen LogP contribution >= 0.6 is 0 Å². The van der Waals surface area contributed by atoms with Gasteiger partial charge in [0.15, 0.2) is 5.78 Å². The van der Waals surface area contributed by atoms with Gasteiger partial charge in [-0.1, -0.05) is 59.7 Å². The Balaban J connectivity index is 2.01. The zero-order valence-electron chi connectivity index (χ0n) is 12.5. The maximum absolute atomic E-state index is 12.6. The maximum Gasteiger partial charge on any atom is 0.181 e. The van der Waals surface area contributed by atoms with E-state index in [1.165, 1.54) is 11.1 Å². The van der Waals surface area contributed by atoms with Gasteiger partial charge in [-0.3, -0.25) is 4.79 Å². The van der Waals surface area contributed by atoms with Gasteiger partial charge in [0.2, 0.25) is 0 Å². The number of benzene rings is 2. The molecule has 21 heavy (non-hydrogen) atoms. The van der Waals surface area contributed by atoms with Crippen LogP contribution in [0, 0.1) is 13.8 Å². The van der Waals surface area contributed by atoms with Crippen molar-refractivity contribution in [1.82, 2.24) is 0 Å². The molecule has 1 aliphatic rings. The average molecular weight is 278 g/mol. The summed E-state index contributed by atoms with van der Waals surface area (Å²) < 4.78 is 5.51. The fourth-order valence-electron chi connectivity index (χ4n) is 2.74. The second-order valence-electron chi connectivity index (χ2n) is 5.52. The molecule has 2 aromatic rings. The number of carbonyl (C=O) groups is 1. The molecular weight excluding hydrogens is 260 g/mol. The second kappa shape index (κ2) is 5.21. The van der Waals surface area contributed by atoms with E-state index in [2.05, 4.69) is 0 Å². The van der Waals surface area contributed by atoms with Crippen LogP contribution in [-0.4, -0.2) is 12.9 Å². The van der Waals surface area contributed by atoms with Crippen LogP contribution in [0.3, 0.4) is 0 Å². The molecule has 1 atom stereocenters. The molecule has 0 N–H and O–H groups in total. The zero-order chi connectivity index (χ0) is 15.0. The minimum atomic E-state index is -0.257. The van der Waals surface area contributed by atoms with Crippen LogP contribution in [0.4, 0.5) is 0 Å². The number of hydrogen-bond donors (Lipinski definition) is 0. The first kappa shape index (κ1) is 13.6. The molecule has 1 aliphatic carbocycles. The molecule has 0 amide bonds. The van der Waals surface area contributed by atoms with Gasteiger partial charge in [-0.2, -0.15) is 0 Å². The standard InChI is InChI=1S/C19H18O2/c1-12-4-8-14(9-5-12)16-18(20)17(19(16)21-3)15-10-6-13(2)7-11-15/h4-11,16H,1-3H3. The Labute approximate surface area is 125 Å². The summed E-state index contributed by atoms with van der Waals surface area (Å²) in [5.74, 6) is 0.652. The smallest absolute Gasteiger partial charge is 0.181 e. The van der Waals surface area contributed by atoms with Crippen molar-refractivity contribution in [3.63, 3.8) is 0 Å². The molecule has 2 aromatic carbocycles. The third-order valence-corrected chi connectivity index (χ3v) is 3.99. The lowest BCUT2D eigenvalue weighted by atomic mass is 9.74. The number of allylic oxidation sites excluding steroid dienone is 2. The van der Waals surface area contributed by atoms with Gasteiger partial charge in [-0.05, 0) is 25.0 Å². The van der Waals surface area contributed by atoms with Crippen LogP contribution in [0.2, 0.25) is 0 Å². The van der Waals surface area contributed by atoms with Crippen LogP contribution in [0.25, 0.3) is 5.57 Å². The first-order valence-corrected chi connectivity index (χ1v) is 7.08. The van der Waals surface area contributed by atoms with Gasteiger partial charge in [0.05, 0.1) is 12.7 Å². The monoisotopic (exact) mass is 278 g/mol. The maximum atomic E-state index is 12.6. The normalized spacial score (nSPS) is 17.7. The van der Waals surface area contributed by atoms with Crippen molar-refractivity contribution in [2.24, 2.45) is 0 Å². The van der Waals surface area contributed by atoms with Crippen molar-refractivity contribution in [2.45, 2.75) is 19.8 Å². The lowest BCUT2D eigenvalue weighted by Gasteiger charge is -2.31. The van der Waals surface area contributed by atoms with Crippen molar-refractivity contribution in [1.29, 1.82) is 0 Å². The number of carbonyl (C=O) groups excluding carboxylic acids is 1. The predicted molar refractivity (Wildman–Crippen MR) is 84.0 cm³/mol. The Morgan fingerprint density at radius 3 is 1.90 bits per heavy atom. The number of aryl methyl sites for hydroxylation is 2. The molecule has 3 rings (SSSR count). The Kier molecular flexibility index (Phi) is 3.38.